The summed E-state index contributed by atoms with van der Waals surface area (Å²) in [5.74, 6) is 1.35. The van der Waals surface area contributed by atoms with Crippen LogP contribution in [0, 0.1) is 6.92 Å². The minimum Gasteiger partial charge on any atom is -0.453 e. The second-order valence-electron chi connectivity index (χ2n) is 3.77. The van der Waals surface area contributed by atoms with Crippen molar-refractivity contribution in [2.75, 3.05) is 0 Å². The first-order chi connectivity index (χ1) is 8.08. The van der Waals surface area contributed by atoms with E-state index in [0.29, 0.717) is 16.5 Å². The number of rotatable bonds is 3. The number of aromatic nitrogens is 2. The van der Waals surface area contributed by atoms with Crippen LogP contribution in [0.3, 0.4) is 0 Å². The second kappa shape index (κ2) is 4.55. The number of nitrogens with zero attached hydrogens (tertiary/aromatic N) is 2. The number of para-hydroxylation sites is 1. The summed E-state index contributed by atoms with van der Waals surface area (Å²) in [6, 6.07) is 5.70. The third kappa shape index (κ3) is 2.45. The number of thiocarbonyl (C=S) groups is 1. The maximum atomic E-state index is 5.77. The molecule has 4 nitrogen and oxygen atoms in total. The van der Waals surface area contributed by atoms with Crippen LogP contribution in [0.1, 0.15) is 11.1 Å². The van der Waals surface area contributed by atoms with Gasteiger partial charge >= 0.3 is 0 Å². The van der Waals surface area contributed by atoms with Crippen LogP contribution in [0.15, 0.2) is 30.6 Å². The smallest absolute Gasteiger partial charge is 0.165 e. The van der Waals surface area contributed by atoms with Crippen LogP contribution in [0.25, 0.3) is 0 Å². The van der Waals surface area contributed by atoms with Crippen LogP contribution in [0.2, 0.25) is 0 Å². The Balaban J connectivity index is 2.40. The fourth-order valence-corrected chi connectivity index (χ4v) is 1.71. The zero-order valence-electron chi connectivity index (χ0n) is 9.68. The van der Waals surface area contributed by atoms with Crippen molar-refractivity contribution in [3.05, 3.63) is 41.7 Å². The second-order valence-corrected chi connectivity index (χ2v) is 4.21. The number of nitrogens with two attached hydrogens (primary N) is 1. The summed E-state index contributed by atoms with van der Waals surface area (Å²) in [6.45, 7) is 1.95. The van der Waals surface area contributed by atoms with E-state index in [1.165, 1.54) is 0 Å². The average molecular weight is 247 g/mol. The molecule has 1 aromatic heterocycles. The van der Waals surface area contributed by atoms with Gasteiger partial charge in [0.1, 0.15) is 10.7 Å². The van der Waals surface area contributed by atoms with Crippen molar-refractivity contribution < 1.29 is 4.74 Å². The maximum absolute atomic E-state index is 5.77. The van der Waals surface area contributed by atoms with E-state index in [9.17, 15) is 0 Å². The van der Waals surface area contributed by atoms with E-state index in [1.54, 1.807) is 17.1 Å². The Bertz CT molecular complexity index is 563. The van der Waals surface area contributed by atoms with Gasteiger partial charge in [-0.1, -0.05) is 24.4 Å². The van der Waals surface area contributed by atoms with Crippen molar-refractivity contribution in [1.29, 1.82) is 0 Å². The summed E-state index contributed by atoms with van der Waals surface area (Å²) in [5, 5.41) is 4.04. The molecule has 17 heavy (non-hydrogen) atoms. The summed E-state index contributed by atoms with van der Waals surface area (Å²) >= 11 is 5.01. The molecule has 1 heterocycles. The van der Waals surface area contributed by atoms with E-state index in [-0.39, 0.29) is 0 Å². The van der Waals surface area contributed by atoms with E-state index in [2.05, 4.69) is 5.10 Å². The third-order valence-corrected chi connectivity index (χ3v) is 2.60. The Morgan fingerprint density at radius 3 is 2.82 bits per heavy atom. The van der Waals surface area contributed by atoms with E-state index in [0.717, 1.165) is 11.1 Å². The Labute approximate surface area is 105 Å². The van der Waals surface area contributed by atoms with Crippen LogP contribution in [0.4, 0.5) is 0 Å². The number of hydrogen-bond donors (Lipinski definition) is 1. The zero-order valence-corrected chi connectivity index (χ0v) is 10.5. The molecule has 2 aromatic rings. The van der Waals surface area contributed by atoms with Crippen LogP contribution < -0.4 is 10.5 Å². The van der Waals surface area contributed by atoms with E-state index in [1.807, 2.05) is 32.2 Å². The van der Waals surface area contributed by atoms with E-state index < -0.39 is 0 Å². The highest BCUT2D eigenvalue weighted by atomic mass is 32.1. The lowest BCUT2D eigenvalue weighted by atomic mass is 10.1. The molecule has 0 saturated heterocycles. The summed E-state index contributed by atoms with van der Waals surface area (Å²) in [7, 11) is 1.83. The van der Waals surface area contributed by atoms with Crippen molar-refractivity contribution >= 4 is 17.2 Å². The van der Waals surface area contributed by atoms with Gasteiger partial charge in [-0.15, -0.1) is 0 Å². The lowest BCUT2D eigenvalue weighted by Crippen LogP contribution is -2.11. The van der Waals surface area contributed by atoms with Gasteiger partial charge in [0.15, 0.2) is 5.75 Å². The predicted molar refractivity (Wildman–Crippen MR) is 70.3 cm³/mol. The SMILES string of the molecule is Cc1cccc(C(N)=S)c1Oc1cnn(C)c1. The molecular formula is C12H13N3OS. The first-order valence-electron chi connectivity index (χ1n) is 5.14. The number of hydrogen-bond acceptors (Lipinski definition) is 3. The van der Waals surface area contributed by atoms with Gasteiger partial charge in [-0.3, -0.25) is 4.68 Å². The Hall–Kier alpha value is -1.88. The first-order valence-corrected chi connectivity index (χ1v) is 5.54. The van der Waals surface area contributed by atoms with Crippen molar-refractivity contribution in [1.82, 2.24) is 9.78 Å². The lowest BCUT2D eigenvalue weighted by Gasteiger charge is -2.11. The van der Waals surface area contributed by atoms with Gasteiger partial charge < -0.3 is 10.5 Å². The normalized spacial score (nSPS) is 10.2. The fraction of sp³-hybridized carbons (Fsp3) is 0.167. The number of aryl methyl sites for hydroxylation is 2. The first kappa shape index (κ1) is 11.6. The van der Waals surface area contributed by atoms with E-state index in [4.69, 9.17) is 22.7 Å². The van der Waals surface area contributed by atoms with Gasteiger partial charge in [-0.25, -0.2) is 0 Å². The van der Waals surface area contributed by atoms with Crippen LogP contribution >= 0.6 is 12.2 Å². The third-order valence-electron chi connectivity index (χ3n) is 2.38. The zero-order chi connectivity index (χ0) is 12.4. The van der Waals surface area contributed by atoms with Crippen LogP contribution in [0.5, 0.6) is 11.5 Å². The minimum absolute atomic E-state index is 0.326. The van der Waals surface area contributed by atoms with Crippen LogP contribution in [-0.2, 0) is 7.05 Å². The molecule has 0 spiro atoms. The van der Waals surface area contributed by atoms with Crippen LogP contribution in [-0.4, -0.2) is 14.8 Å². The molecule has 0 aliphatic carbocycles. The number of benzene rings is 1. The van der Waals surface area contributed by atoms with Crippen molar-refractivity contribution in [2.24, 2.45) is 12.8 Å². The summed E-state index contributed by atoms with van der Waals surface area (Å²) in [6.07, 6.45) is 3.44. The molecule has 5 heteroatoms. The van der Waals surface area contributed by atoms with Crippen molar-refractivity contribution in [3.63, 3.8) is 0 Å². The Kier molecular flexibility index (Phi) is 3.10. The highest BCUT2D eigenvalue weighted by molar-refractivity contribution is 7.80. The molecule has 1 aromatic carbocycles. The minimum atomic E-state index is 0.326. The summed E-state index contributed by atoms with van der Waals surface area (Å²) in [5.41, 5.74) is 7.40. The molecule has 0 aliphatic heterocycles. The maximum Gasteiger partial charge on any atom is 0.165 e. The molecule has 0 radical (unpaired) electrons. The van der Waals surface area contributed by atoms with Gasteiger partial charge in [0, 0.05) is 7.05 Å². The molecule has 0 unspecified atom stereocenters. The molecule has 88 valence electrons. The largest absolute Gasteiger partial charge is 0.453 e. The van der Waals surface area contributed by atoms with Gasteiger partial charge in [0.2, 0.25) is 0 Å². The van der Waals surface area contributed by atoms with Gasteiger partial charge in [0.25, 0.3) is 0 Å². The highest BCUT2D eigenvalue weighted by Crippen LogP contribution is 2.28. The summed E-state index contributed by atoms with van der Waals surface area (Å²) in [4.78, 5) is 0.326. The van der Waals surface area contributed by atoms with Gasteiger partial charge in [0.05, 0.1) is 18.0 Å². The molecule has 2 N–H and O–H groups in total. The van der Waals surface area contributed by atoms with Crippen molar-refractivity contribution in [3.8, 4) is 11.5 Å². The molecular weight excluding hydrogens is 234 g/mol. The lowest BCUT2D eigenvalue weighted by molar-refractivity contribution is 0.477. The average Bonchev–Trinajstić information content (AvgIpc) is 2.67. The topological polar surface area (TPSA) is 53.1 Å². The molecule has 0 fully saturated rings. The fourth-order valence-electron chi connectivity index (χ4n) is 1.55. The monoisotopic (exact) mass is 247 g/mol. The van der Waals surface area contributed by atoms with Gasteiger partial charge in [-0.05, 0) is 18.6 Å². The highest BCUT2D eigenvalue weighted by Gasteiger charge is 2.10. The molecule has 2 rings (SSSR count). The Morgan fingerprint density at radius 1 is 1.47 bits per heavy atom. The molecule has 0 atom stereocenters. The van der Waals surface area contributed by atoms with E-state index >= 15 is 0 Å². The molecule has 0 aliphatic rings. The molecule has 0 saturated carbocycles. The summed E-state index contributed by atoms with van der Waals surface area (Å²) < 4.78 is 7.45. The molecule has 0 bridgehead atoms. The molecule has 0 amide bonds. The number of ether oxygens (including phenoxy) is 1. The van der Waals surface area contributed by atoms with Crippen molar-refractivity contribution in [2.45, 2.75) is 6.92 Å². The quantitative estimate of drug-likeness (QED) is 0.844. The standard InChI is InChI=1S/C12H13N3OS/c1-8-4-3-5-10(12(13)17)11(8)16-9-6-14-15(2)7-9/h3-7H,1-2H3,(H2,13,17). The Morgan fingerprint density at radius 2 is 2.24 bits per heavy atom. The predicted octanol–water partition coefficient (Wildman–Crippen LogP) is 2.16. The van der Waals surface area contributed by atoms with Gasteiger partial charge in [-0.2, -0.15) is 5.10 Å².